The highest BCUT2D eigenvalue weighted by Crippen LogP contribution is 2.37. The molecule has 1 unspecified atom stereocenters. The summed E-state index contributed by atoms with van der Waals surface area (Å²) in [7, 11) is 0. The summed E-state index contributed by atoms with van der Waals surface area (Å²) < 4.78 is 0. The highest BCUT2D eigenvalue weighted by molar-refractivity contribution is 6.39. The van der Waals surface area contributed by atoms with Crippen molar-refractivity contribution in [2.24, 2.45) is 0 Å². The van der Waals surface area contributed by atoms with Gasteiger partial charge in [-0.25, -0.2) is 0 Å². The van der Waals surface area contributed by atoms with Crippen molar-refractivity contribution in [1.29, 1.82) is 10.5 Å². The molecule has 0 saturated heterocycles. The number of hydrogen-bond acceptors (Lipinski definition) is 2. The fraction of sp³-hybridized carbons (Fsp3) is 0.125. The lowest BCUT2D eigenvalue weighted by atomic mass is 9.95. The molecule has 1 radical (unpaired) electrons. The van der Waals surface area contributed by atoms with Gasteiger partial charge in [0.1, 0.15) is 5.92 Å². The van der Waals surface area contributed by atoms with Crippen LogP contribution in [0.4, 0.5) is 0 Å². The quantitative estimate of drug-likeness (QED) is 0.603. The Labute approximate surface area is 90.6 Å². The Bertz CT molecular complexity index is 370. The lowest BCUT2D eigenvalue weighted by Gasteiger charge is -2.18. The summed E-state index contributed by atoms with van der Waals surface area (Å²) in [5.41, 5.74) is 0.157. The van der Waals surface area contributed by atoms with E-state index in [4.69, 9.17) is 45.3 Å². The smallest absolute Gasteiger partial charge is 0.139 e. The van der Waals surface area contributed by atoms with Crippen molar-refractivity contribution in [1.82, 2.24) is 0 Å². The summed E-state index contributed by atoms with van der Waals surface area (Å²) in [5, 5.41) is 16.9. The van der Waals surface area contributed by atoms with E-state index in [9.17, 15) is 0 Å². The minimum atomic E-state index is -0.833. The van der Waals surface area contributed by atoms with Crippen molar-refractivity contribution in [2.75, 3.05) is 0 Å². The van der Waals surface area contributed by atoms with Crippen LogP contribution in [-0.2, 0) is 0 Å². The van der Waals surface area contributed by atoms with Gasteiger partial charge >= 0.3 is 0 Å². The summed E-state index contributed by atoms with van der Waals surface area (Å²) in [6.07, 6.45) is 1.35. The molecule has 1 atom stereocenters. The number of allylic oxidation sites excluding steroid dienone is 4. The molecule has 1 aliphatic rings. The topological polar surface area (TPSA) is 47.6 Å². The maximum Gasteiger partial charge on any atom is 0.139 e. The summed E-state index contributed by atoms with van der Waals surface area (Å²) in [4.78, 5) is 0. The first kappa shape index (κ1) is 10.4. The first-order valence-corrected chi connectivity index (χ1v) is 4.39. The van der Waals surface area contributed by atoms with E-state index in [0.717, 1.165) is 0 Å². The lowest BCUT2D eigenvalue weighted by molar-refractivity contribution is 1.07. The van der Waals surface area contributed by atoms with Crippen molar-refractivity contribution in [3.8, 4) is 12.1 Å². The molecule has 0 aliphatic heterocycles. The van der Waals surface area contributed by atoms with Gasteiger partial charge in [0.2, 0.25) is 0 Å². The van der Waals surface area contributed by atoms with Gasteiger partial charge in [0.05, 0.1) is 28.1 Å². The molecule has 0 spiro atoms. The van der Waals surface area contributed by atoms with Crippen LogP contribution in [0.15, 0.2) is 21.7 Å². The van der Waals surface area contributed by atoms with Gasteiger partial charge in [0, 0.05) is 5.03 Å². The third kappa shape index (κ3) is 1.81. The minimum Gasteiger partial charge on any atom is -0.197 e. The van der Waals surface area contributed by atoms with Crippen molar-refractivity contribution in [3.05, 3.63) is 27.6 Å². The molecular formula is C8H2Cl3N2. The SMILES string of the molecule is N#C[C]1C(Cl)=CC(Cl)=C(C#N)C1Cl. The van der Waals surface area contributed by atoms with Crippen molar-refractivity contribution in [3.63, 3.8) is 0 Å². The van der Waals surface area contributed by atoms with Crippen LogP contribution in [0.5, 0.6) is 0 Å². The van der Waals surface area contributed by atoms with Gasteiger partial charge in [0.25, 0.3) is 0 Å². The van der Waals surface area contributed by atoms with Crippen LogP contribution in [0.2, 0.25) is 0 Å². The van der Waals surface area contributed by atoms with E-state index in [-0.39, 0.29) is 21.6 Å². The number of nitriles is 2. The third-order valence-electron chi connectivity index (χ3n) is 1.52. The predicted octanol–water partition coefficient (Wildman–Crippen LogP) is 2.84. The van der Waals surface area contributed by atoms with Gasteiger partial charge in [-0.2, -0.15) is 10.5 Å². The Morgan fingerprint density at radius 1 is 1.23 bits per heavy atom. The Kier molecular flexibility index (Phi) is 3.22. The van der Waals surface area contributed by atoms with Crippen molar-refractivity contribution >= 4 is 34.8 Å². The average Bonchev–Trinajstić information content (AvgIpc) is 2.04. The maximum atomic E-state index is 8.66. The van der Waals surface area contributed by atoms with Gasteiger partial charge in [-0.15, -0.1) is 11.6 Å². The summed E-state index contributed by atoms with van der Waals surface area (Å²) >= 11 is 17.2. The van der Waals surface area contributed by atoms with Gasteiger partial charge in [-0.1, -0.05) is 23.2 Å². The summed E-state index contributed by atoms with van der Waals surface area (Å²) in [6, 6.07) is 3.66. The predicted molar refractivity (Wildman–Crippen MR) is 50.9 cm³/mol. The molecule has 2 nitrogen and oxygen atoms in total. The second kappa shape index (κ2) is 4.03. The van der Waals surface area contributed by atoms with Crippen LogP contribution in [0.25, 0.3) is 0 Å². The summed E-state index contributed by atoms with van der Waals surface area (Å²) in [6.45, 7) is 0. The van der Waals surface area contributed by atoms with Crippen molar-refractivity contribution < 1.29 is 0 Å². The zero-order valence-electron chi connectivity index (χ0n) is 6.18. The molecule has 0 heterocycles. The standard InChI is InChI=1S/C8H2Cl3N2/c9-6-1-7(10)5(3-13)8(11)4(6)2-12/h1,8H. The molecular weight excluding hydrogens is 230 g/mol. The summed E-state index contributed by atoms with van der Waals surface area (Å²) in [5.74, 6) is 0.157. The van der Waals surface area contributed by atoms with Crippen molar-refractivity contribution in [2.45, 2.75) is 5.38 Å². The molecule has 0 aromatic carbocycles. The molecule has 0 fully saturated rings. The monoisotopic (exact) mass is 231 g/mol. The van der Waals surface area contributed by atoms with Crippen LogP contribution in [0.1, 0.15) is 0 Å². The fourth-order valence-corrected chi connectivity index (χ4v) is 1.89. The first-order chi connectivity index (χ1) is 6.11. The molecule has 0 N–H and O–H groups in total. The van der Waals surface area contributed by atoms with Gasteiger partial charge < -0.3 is 0 Å². The highest BCUT2D eigenvalue weighted by atomic mass is 35.5. The highest BCUT2D eigenvalue weighted by Gasteiger charge is 2.32. The molecule has 65 valence electrons. The van der Waals surface area contributed by atoms with E-state index < -0.39 is 5.38 Å². The number of hydrogen-bond donors (Lipinski definition) is 0. The molecule has 0 aromatic heterocycles. The zero-order valence-corrected chi connectivity index (χ0v) is 8.45. The molecule has 0 bridgehead atoms. The molecule has 5 heteroatoms. The minimum absolute atomic E-state index is 0.157. The van der Waals surface area contributed by atoms with Crippen LogP contribution < -0.4 is 0 Å². The fourth-order valence-electron chi connectivity index (χ4n) is 0.873. The Balaban J connectivity index is 3.19. The van der Waals surface area contributed by atoms with Crippen LogP contribution in [0, 0.1) is 28.6 Å². The Morgan fingerprint density at radius 2 is 1.85 bits per heavy atom. The maximum absolute atomic E-state index is 8.66. The molecule has 0 amide bonds. The second-order valence-electron chi connectivity index (χ2n) is 2.25. The largest absolute Gasteiger partial charge is 0.197 e. The molecule has 1 aliphatic carbocycles. The second-order valence-corrected chi connectivity index (χ2v) is 3.50. The number of alkyl halides is 1. The molecule has 13 heavy (non-hydrogen) atoms. The first-order valence-electron chi connectivity index (χ1n) is 3.20. The normalized spacial score (nSPS) is 23.5. The van der Waals surface area contributed by atoms with Gasteiger partial charge in [-0.05, 0) is 6.08 Å². The molecule has 1 rings (SSSR count). The number of halogens is 3. The van der Waals surface area contributed by atoms with E-state index in [0.29, 0.717) is 0 Å². The van der Waals surface area contributed by atoms with E-state index in [1.807, 2.05) is 12.1 Å². The van der Waals surface area contributed by atoms with E-state index >= 15 is 0 Å². The van der Waals surface area contributed by atoms with Gasteiger partial charge in [0.15, 0.2) is 0 Å². The van der Waals surface area contributed by atoms with Crippen LogP contribution in [-0.4, -0.2) is 5.38 Å². The molecule has 0 aromatic rings. The zero-order chi connectivity index (χ0) is 10.0. The average molecular weight is 232 g/mol. The number of rotatable bonds is 0. The van der Waals surface area contributed by atoms with Crippen LogP contribution in [0.3, 0.4) is 0 Å². The Hall–Kier alpha value is -0.670. The van der Waals surface area contributed by atoms with E-state index in [1.165, 1.54) is 6.08 Å². The number of nitrogens with zero attached hydrogens (tertiary/aromatic N) is 2. The van der Waals surface area contributed by atoms with E-state index in [2.05, 4.69) is 0 Å². The van der Waals surface area contributed by atoms with Crippen LogP contribution >= 0.6 is 34.8 Å². The Morgan fingerprint density at radius 3 is 2.31 bits per heavy atom. The van der Waals surface area contributed by atoms with Gasteiger partial charge in [-0.3, -0.25) is 0 Å². The van der Waals surface area contributed by atoms with E-state index in [1.54, 1.807) is 0 Å². The third-order valence-corrected chi connectivity index (χ3v) is 2.58. The molecule has 0 saturated carbocycles. The lowest BCUT2D eigenvalue weighted by Crippen LogP contribution is -2.17.